The van der Waals surface area contributed by atoms with E-state index in [9.17, 15) is 0 Å². The molecule has 1 aromatic heterocycles. The zero-order valence-corrected chi connectivity index (χ0v) is 16.0. The Morgan fingerprint density at radius 1 is 1.23 bits per heavy atom. The molecule has 1 fully saturated rings. The third kappa shape index (κ3) is 4.65. The van der Waals surface area contributed by atoms with E-state index in [2.05, 4.69) is 71.0 Å². The highest BCUT2D eigenvalue weighted by Crippen LogP contribution is 2.46. The molecular formula is C21H30N4O. The summed E-state index contributed by atoms with van der Waals surface area (Å²) in [5.74, 6) is 3.50. The van der Waals surface area contributed by atoms with Crippen molar-refractivity contribution < 1.29 is 4.52 Å². The number of nitrogens with zero attached hydrogens (tertiary/aromatic N) is 2. The first-order valence-electron chi connectivity index (χ1n) is 9.70. The molecule has 3 rings (SSSR count). The van der Waals surface area contributed by atoms with Crippen LogP contribution in [0.2, 0.25) is 0 Å². The zero-order chi connectivity index (χ0) is 18.4. The highest BCUT2D eigenvalue weighted by molar-refractivity contribution is 5.79. The van der Waals surface area contributed by atoms with Crippen LogP contribution in [-0.4, -0.2) is 24.7 Å². The van der Waals surface area contributed by atoms with Gasteiger partial charge in [-0.2, -0.15) is 0 Å². The second kappa shape index (κ2) is 8.88. The van der Waals surface area contributed by atoms with Gasteiger partial charge in [0.2, 0.25) is 0 Å². The second-order valence-corrected chi connectivity index (χ2v) is 7.05. The molecule has 0 saturated heterocycles. The van der Waals surface area contributed by atoms with Crippen LogP contribution in [0.5, 0.6) is 0 Å². The summed E-state index contributed by atoms with van der Waals surface area (Å²) < 4.78 is 5.46. The first-order valence-corrected chi connectivity index (χ1v) is 9.70. The van der Waals surface area contributed by atoms with E-state index in [1.54, 1.807) is 7.05 Å². The highest BCUT2D eigenvalue weighted by atomic mass is 16.5. The molecule has 140 valence electrons. The summed E-state index contributed by atoms with van der Waals surface area (Å²) in [6, 6.07) is 12.8. The maximum absolute atomic E-state index is 5.46. The number of aromatic nitrogens is 1. The summed E-state index contributed by atoms with van der Waals surface area (Å²) in [6.45, 7) is 5.91. The number of aliphatic imine (C=N–C) groups is 1. The van der Waals surface area contributed by atoms with E-state index in [1.165, 1.54) is 12.0 Å². The molecule has 0 aliphatic heterocycles. The second-order valence-electron chi connectivity index (χ2n) is 7.05. The molecule has 2 aromatic rings. The fourth-order valence-corrected chi connectivity index (χ4v) is 3.51. The van der Waals surface area contributed by atoms with E-state index in [-0.39, 0.29) is 0 Å². The Hall–Kier alpha value is -2.30. The summed E-state index contributed by atoms with van der Waals surface area (Å²) in [4.78, 5) is 4.31. The average Bonchev–Trinajstić information content (AvgIpc) is 3.32. The normalized spacial score (nSPS) is 19.6. The number of rotatable bonds is 8. The lowest BCUT2D eigenvalue weighted by Crippen LogP contribution is -2.37. The Labute approximate surface area is 156 Å². The third-order valence-corrected chi connectivity index (χ3v) is 5.32. The number of hydrogen-bond donors (Lipinski definition) is 2. The van der Waals surface area contributed by atoms with Crippen LogP contribution in [0.4, 0.5) is 0 Å². The van der Waals surface area contributed by atoms with Gasteiger partial charge in [0, 0.05) is 25.6 Å². The standard InChI is InChI=1S/C21H30N4O/c1-4-15(5-2)20-12-18(26-25-20)14-24-21(22-3)23-13-17-11-19(17)16-9-7-6-8-10-16/h6-10,12,15,17,19H,4-5,11,13-14H2,1-3H3,(H2,22,23,24). The Bertz CT molecular complexity index is 706. The summed E-state index contributed by atoms with van der Waals surface area (Å²) in [5, 5.41) is 11.0. The van der Waals surface area contributed by atoms with Gasteiger partial charge in [0.1, 0.15) is 0 Å². The van der Waals surface area contributed by atoms with Crippen molar-refractivity contribution in [1.82, 2.24) is 15.8 Å². The largest absolute Gasteiger partial charge is 0.359 e. The lowest BCUT2D eigenvalue weighted by atomic mass is 9.99. The van der Waals surface area contributed by atoms with Gasteiger partial charge < -0.3 is 15.2 Å². The smallest absolute Gasteiger partial charge is 0.191 e. The maximum atomic E-state index is 5.46. The van der Waals surface area contributed by atoms with Crippen molar-refractivity contribution in [3.05, 3.63) is 53.4 Å². The van der Waals surface area contributed by atoms with Crippen LogP contribution >= 0.6 is 0 Å². The minimum Gasteiger partial charge on any atom is -0.359 e. The molecule has 1 saturated carbocycles. The number of benzene rings is 1. The molecule has 1 aromatic carbocycles. The van der Waals surface area contributed by atoms with Gasteiger partial charge in [-0.3, -0.25) is 4.99 Å². The van der Waals surface area contributed by atoms with Gasteiger partial charge in [0.25, 0.3) is 0 Å². The van der Waals surface area contributed by atoms with Crippen molar-refractivity contribution in [2.24, 2.45) is 10.9 Å². The Balaban J connectivity index is 1.43. The van der Waals surface area contributed by atoms with E-state index < -0.39 is 0 Å². The topological polar surface area (TPSA) is 62.5 Å². The molecule has 0 bridgehead atoms. The lowest BCUT2D eigenvalue weighted by molar-refractivity contribution is 0.368. The minimum absolute atomic E-state index is 0.481. The van der Waals surface area contributed by atoms with Gasteiger partial charge in [-0.1, -0.05) is 49.3 Å². The molecule has 1 aliphatic carbocycles. The Morgan fingerprint density at radius 2 is 2.00 bits per heavy atom. The maximum Gasteiger partial charge on any atom is 0.191 e. The van der Waals surface area contributed by atoms with Gasteiger partial charge in [-0.25, -0.2) is 0 Å². The van der Waals surface area contributed by atoms with Crippen LogP contribution in [0, 0.1) is 5.92 Å². The lowest BCUT2D eigenvalue weighted by Gasteiger charge is -2.10. The van der Waals surface area contributed by atoms with E-state index in [4.69, 9.17) is 4.52 Å². The van der Waals surface area contributed by atoms with Gasteiger partial charge in [0.05, 0.1) is 12.2 Å². The molecule has 5 heteroatoms. The molecule has 1 aliphatic rings. The van der Waals surface area contributed by atoms with E-state index in [1.807, 2.05) is 0 Å². The van der Waals surface area contributed by atoms with Crippen molar-refractivity contribution in [1.29, 1.82) is 0 Å². The minimum atomic E-state index is 0.481. The molecule has 0 spiro atoms. The van der Waals surface area contributed by atoms with Crippen molar-refractivity contribution in [3.8, 4) is 0 Å². The Morgan fingerprint density at radius 3 is 2.69 bits per heavy atom. The molecule has 1 heterocycles. The highest BCUT2D eigenvalue weighted by Gasteiger charge is 2.37. The molecule has 5 nitrogen and oxygen atoms in total. The fourth-order valence-electron chi connectivity index (χ4n) is 3.51. The first-order chi connectivity index (χ1) is 12.7. The predicted octanol–water partition coefficient (Wildman–Crippen LogP) is 4.05. The van der Waals surface area contributed by atoms with Crippen LogP contribution in [-0.2, 0) is 6.54 Å². The number of guanidine groups is 1. The first kappa shape index (κ1) is 18.5. The van der Waals surface area contributed by atoms with Crippen molar-refractivity contribution in [2.45, 2.75) is 51.5 Å². The molecule has 26 heavy (non-hydrogen) atoms. The summed E-state index contributed by atoms with van der Waals surface area (Å²) >= 11 is 0. The van der Waals surface area contributed by atoms with Gasteiger partial charge in [-0.05, 0) is 36.7 Å². The third-order valence-electron chi connectivity index (χ3n) is 5.32. The molecule has 0 radical (unpaired) electrons. The number of nitrogens with one attached hydrogen (secondary N) is 2. The molecule has 2 unspecified atom stereocenters. The van der Waals surface area contributed by atoms with Crippen LogP contribution in [0.15, 0.2) is 45.9 Å². The van der Waals surface area contributed by atoms with E-state index in [0.717, 1.165) is 36.8 Å². The van der Waals surface area contributed by atoms with Crippen molar-refractivity contribution >= 4 is 5.96 Å². The van der Waals surface area contributed by atoms with Crippen molar-refractivity contribution in [2.75, 3.05) is 13.6 Å². The monoisotopic (exact) mass is 354 g/mol. The number of hydrogen-bond acceptors (Lipinski definition) is 3. The summed E-state index contributed by atoms with van der Waals surface area (Å²) in [6.07, 6.45) is 3.42. The SMILES string of the molecule is CCC(CC)c1cc(CNC(=NC)NCC2CC2c2ccccc2)on1. The molecule has 2 atom stereocenters. The molecule has 0 amide bonds. The summed E-state index contributed by atoms with van der Waals surface area (Å²) in [7, 11) is 1.80. The van der Waals surface area contributed by atoms with Crippen molar-refractivity contribution in [3.63, 3.8) is 0 Å². The fraction of sp³-hybridized carbons (Fsp3) is 0.524. The van der Waals surface area contributed by atoms with Crippen LogP contribution in [0.1, 0.15) is 62.0 Å². The Kier molecular flexibility index (Phi) is 6.31. The zero-order valence-electron chi connectivity index (χ0n) is 16.0. The van der Waals surface area contributed by atoms with Gasteiger partial charge in [0.15, 0.2) is 11.7 Å². The summed E-state index contributed by atoms with van der Waals surface area (Å²) in [5.41, 5.74) is 2.50. The van der Waals surface area contributed by atoms with Gasteiger partial charge in [-0.15, -0.1) is 0 Å². The van der Waals surface area contributed by atoms with Crippen LogP contribution < -0.4 is 10.6 Å². The van der Waals surface area contributed by atoms with E-state index in [0.29, 0.717) is 24.3 Å². The molecule has 2 N–H and O–H groups in total. The predicted molar refractivity (Wildman–Crippen MR) is 105 cm³/mol. The van der Waals surface area contributed by atoms with Gasteiger partial charge >= 0.3 is 0 Å². The van der Waals surface area contributed by atoms with Crippen LogP contribution in [0.25, 0.3) is 0 Å². The quantitative estimate of drug-likeness (QED) is 0.555. The van der Waals surface area contributed by atoms with Crippen LogP contribution in [0.3, 0.4) is 0 Å². The average molecular weight is 354 g/mol. The van der Waals surface area contributed by atoms with E-state index >= 15 is 0 Å². The molecular weight excluding hydrogens is 324 g/mol.